The van der Waals surface area contributed by atoms with Crippen LogP contribution in [0.2, 0.25) is 0 Å². The number of nitrogens with zero attached hydrogens (tertiary/aromatic N) is 3. The van der Waals surface area contributed by atoms with Crippen molar-refractivity contribution >= 4 is 11.6 Å². The molecule has 0 saturated carbocycles. The summed E-state index contributed by atoms with van der Waals surface area (Å²) in [6.07, 6.45) is 6.26. The number of anilines is 1. The molecule has 0 spiro atoms. The van der Waals surface area contributed by atoms with Crippen molar-refractivity contribution in [1.29, 1.82) is 0 Å². The molecule has 0 aliphatic rings. The number of aromatic nitrogens is 2. The van der Waals surface area contributed by atoms with Gasteiger partial charge in [-0.3, -0.25) is 15.5 Å². The highest BCUT2D eigenvalue weighted by Crippen LogP contribution is 2.26. The Hall–Kier alpha value is -1.96. The van der Waals surface area contributed by atoms with Crippen LogP contribution in [-0.4, -0.2) is 21.0 Å². The molecule has 0 aliphatic heterocycles. The fraction of sp³-hybridized carbons (Fsp3) is 0.667. The summed E-state index contributed by atoms with van der Waals surface area (Å²) in [7, 11) is 0. The van der Waals surface area contributed by atoms with Gasteiger partial charge in [0.1, 0.15) is 6.20 Å². The number of hydrogen-bond acceptors (Lipinski definition) is 7. The van der Waals surface area contributed by atoms with E-state index in [0.29, 0.717) is 0 Å². The molecule has 0 fully saturated rings. The first-order valence-electron chi connectivity index (χ1n) is 6.73. The molecular weight excluding hydrogens is 262 g/mol. The van der Waals surface area contributed by atoms with Gasteiger partial charge >= 0.3 is 5.69 Å². The topological polar surface area (TPSA) is 116 Å². The van der Waals surface area contributed by atoms with Gasteiger partial charge in [-0.2, -0.15) is 4.98 Å². The van der Waals surface area contributed by atoms with Crippen LogP contribution in [0.1, 0.15) is 46.0 Å². The minimum Gasteiger partial charge on any atom is -0.470 e. The predicted molar refractivity (Wildman–Crippen MR) is 75.3 cm³/mol. The summed E-state index contributed by atoms with van der Waals surface area (Å²) in [5.41, 5.74) is 1.98. The zero-order chi connectivity index (χ0) is 15.0. The van der Waals surface area contributed by atoms with E-state index in [1.165, 1.54) is 6.42 Å². The SMILES string of the molecule is CCCCCCC(C)Oc1nc(NN)ncc1[N+](=O)[O-]. The van der Waals surface area contributed by atoms with E-state index in [4.69, 9.17) is 10.6 Å². The van der Waals surface area contributed by atoms with Crippen molar-refractivity contribution < 1.29 is 9.66 Å². The van der Waals surface area contributed by atoms with E-state index in [0.717, 1.165) is 31.9 Å². The van der Waals surface area contributed by atoms with Gasteiger partial charge in [-0.1, -0.05) is 26.2 Å². The van der Waals surface area contributed by atoms with Crippen LogP contribution >= 0.6 is 0 Å². The maximum Gasteiger partial charge on any atom is 0.349 e. The normalized spacial score (nSPS) is 11.9. The monoisotopic (exact) mass is 283 g/mol. The molecule has 0 saturated heterocycles. The van der Waals surface area contributed by atoms with Crippen LogP contribution < -0.4 is 16.0 Å². The second-order valence-corrected chi connectivity index (χ2v) is 4.56. The molecule has 0 amide bonds. The second-order valence-electron chi connectivity index (χ2n) is 4.56. The van der Waals surface area contributed by atoms with E-state index < -0.39 is 4.92 Å². The third-order valence-corrected chi connectivity index (χ3v) is 2.84. The molecular formula is C12H21N5O3. The Bertz CT molecular complexity index is 441. The predicted octanol–water partition coefficient (Wildman–Crippen LogP) is 2.41. The number of rotatable bonds is 9. The highest BCUT2D eigenvalue weighted by atomic mass is 16.6. The van der Waals surface area contributed by atoms with E-state index in [9.17, 15) is 10.1 Å². The number of hydrazine groups is 1. The average Bonchev–Trinajstić information content (AvgIpc) is 2.43. The molecule has 8 heteroatoms. The van der Waals surface area contributed by atoms with Gasteiger partial charge in [0.2, 0.25) is 5.95 Å². The Kier molecular flexibility index (Phi) is 6.65. The van der Waals surface area contributed by atoms with Gasteiger partial charge in [-0.05, 0) is 19.8 Å². The number of nitrogens with two attached hydrogens (primary N) is 1. The number of hydrogen-bond donors (Lipinski definition) is 2. The lowest BCUT2D eigenvalue weighted by molar-refractivity contribution is -0.386. The maximum absolute atomic E-state index is 10.9. The van der Waals surface area contributed by atoms with Gasteiger partial charge in [0.05, 0.1) is 11.0 Å². The molecule has 1 aromatic heterocycles. The molecule has 0 aromatic carbocycles. The molecule has 1 atom stereocenters. The molecule has 3 N–H and O–H groups in total. The van der Waals surface area contributed by atoms with Crippen LogP contribution in [0.4, 0.5) is 11.6 Å². The van der Waals surface area contributed by atoms with Gasteiger partial charge in [0, 0.05) is 0 Å². The van der Waals surface area contributed by atoms with Crippen LogP contribution in [0.3, 0.4) is 0 Å². The van der Waals surface area contributed by atoms with Crippen LogP contribution in [0.5, 0.6) is 5.88 Å². The standard InChI is InChI=1S/C12H21N5O3/c1-3-4-5-6-7-9(2)20-11-10(17(18)19)8-14-12(15-11)16-13/h8-9H,3-7,13H2,1-2H3,(H,14,15,16). The molecule has 0 aliphatic carbocycles. The summed E-state index contributed by atoms with van der Waals surface area (Å²) in [5, 5.41) is 10.9. The molecule has 112 valence electrons. The van der Waals surface area contributed by atoms with Gasteiger partial charge in [0.25, 0.3) is 5.88 Å². The highest BCUT2D eigenvalue weighted by molar-refractivity contribution is 5.42. The summed E-state index contributed by atoms with van der Waals surface area (Å²) in [6.45, 7) is 4.01. The largest absolute Gasteiger partial charge is 0.470 e. The first-order chi connectivity index (χ1) is 9.58. The van der Waals surface area contributed by atoms with Crippen LogP contribution in [0.25, 0.3) is 0 Å². The van der Waals surface area contributed by atoms with Crippen molar-refractivity contribution in [2.24, 2.45) is 5.84 Å². The average molecular weight is 283 g/mol. The number of ether oxygens (including phenoxy) is 1. The molecule has 1 rings (SSSR count). The van der Waals surface area contributed by atoms with Crippen molar-refractivity contribution in [1.82, 2.24) is 9.97 Å². The Morgan fingerprint density at radius 2 is 2.25 bits per heavy atom. The van der Waals surface area contributed by atoms with E-state index in [2.05, 4.69) is 22.3 Å². The zero-order valence-electron chi connectivity index (χ0n) is 11.8. The van der Waals surface area contributed by atoms with E-state index in [1.54, 1.807) is 0 Å². The van der Waals surface area contributed by atoms with Crippen molar-refractivity contribution in [3.63, 3.8) is 0 Å². The summed E-state index contributed by atoms with van der Waals surface area (Å²) in [4.78, 5) is 17.9. The molecule has 0 radical (unpaired) electrons. The fourth-order valence-corrected chi connectivity index (χ4v) is 1.75. The number of nitro groups is 1. The van der Waals surface area contributed by atoms with Crippen molar-refractivity contribution in [3.05, 3.63) is 16.3 Å². The minimum absolute atomic E-state index is 0.0547. The first-order valence-corrected chi connectivity index (χ1v) is 6.73. The Morgan fingerprint density at radius 1 is 1.50 bits per heavy atom. The third kappa shape index (κ3) is 4.96. The molecule has 1 aromatic rings. The second kappa shape index (κ2) is 8.26. The number of unbranched alkanes of at least 4 members (excludes halogenated alkanes) is 3. The Labute approximate surface area is 117 Å². The molecule has 0 bridgehead atoms. The van der Waals surface area contributed by atoms with Crippen LogP contribution in [-0.2, 0) is 0 Å². The molecule has 20 heavy (non-hydrogen) atoms. The number of nitrogens with one attached hydrogen (secondary N) is 1. The molecule has 1 heterocycles. The lowest BCUT2D eigenvalue weighted by atomic mass is 10.1. The summed E-state index contributed by atoms with van der Waals surface area (Å²) >= 11 is 0. The minimum atomic E-state index is -0.570. The van der Waals surface area contributed by atoms with Gasteiger partial charge in [-0.25, -0.2) is 10.8 Å². The third-order valence-electron chi connectivity index (χ3n) is 2.84. The lowest BCUT2D eigenvalue weighted by Crippen LogP contribution is -2.16. The Balaban J connectivity index is 2.66. The zero-order valence-corrected chi connectivity index (χ0v) is 11.8. The van der Waals surface area contributed by atoms with E-state index in [1.807, 2.05) is 6.92 Å². The summed E-state index contributed by atoms with van der Waals surface area (Å²) in [6, 6.07) is 0. The quantitative estimate of drug-likeness (QED) is 0.309. The maximum atomic E-state index is 10.9. The van der Waals surface area contributed by atoms with Crippen molar-refractivity contribution in [2.45, 2.75) is 52.1 Å². The van der Waals surface area contributed by atoms with Crippen molar-refractivity contribution in [3.8, 4) is 5.88 Å². The lowest BCUT2D eigenvalue weighted by Gasteiger charge is -2.13. The van der Waals surface area contributed by atoms with E-state index in [-0.39, 0.29) is 23.6 Å². The summed E-state index contributed by atoms with van der Waals surface area (Å²) in [5.74, 6) is 5.22. The molecule has 8 nitrogen and oxygen atoms in total. The van der Waals surface area contributed by atoms with Crippen LogP contribution in [0, 0.1) is 10.1 Å². The van der Waals surface area contributed by atoms with Gasteiger partial charge in [0.15, 0.2) is 0 Å². The summed E-state index contributed by atoms with van der Waals surface area (Å²) < 4.78 is 5.54. The molecule has 1 unspecified atom stereocenters. The van der Waals surface area contributed by atoms with Gasteiger partial charge in [-0.15, -0.1) is 0 Å². The number of nitrogen functional groups attached to an aromatic ring is 1. The fourth-order valence-electron chi connectivity index (χ4n) is 1.75. The van der Waals surface area contributed by atoms with Gasteiger partial charge < -0.3 is 4.74 Å². The van der Waals surface area contributed by atoms with E-state index >= 15 is 0 Å². The van der Waals surface area contributed by atoms with Crippen molar-refractivity contribution in [2.75, 3.05) is 5.43 Å². The first kappa shape index (κ1) is 16.1. The van der Waals surface area contributed by atoms with Crippen LogP contribution in [0.15, 0.2) is 6.20 Å². The smallest absolute Gasteiger partial charge is 0.349 e. The Morgan fingerprint density at radius 3 is 2.85 bits per heavy atom. The highest BCUT2D eigenvalue weighted by Gasteiger charge is 2.20.